The zero-order valence-electron chi connectivity index (χ0n) is 13.9. The van der Waals surface area contributed by atoms with E-state index < -0.39 is 29.0 Å². The van der Waals surface area contributed by atoms with Crippen molar-refractivity contribution in [1.82, 2.24) is 4.98 Å². The number of pyridine rings is 1. The number of benzene rings is 2. The van der Waals surface area contributed by atoms with Crippen LogP contribution in [0.4, 0.5) is 22.0 Å². The molecule has 0 spiro atoms. The summed E-state index contributed by atoms with van der Waals surface area (Å²) in [7, 11) is 0. The summed E-state index contributed by atoms with van der Waals surface area (Å²) in [6, 6.07) is 10.4. The molecule has 2 nitrogen and oxygen atoms in total. The molecule has 2 aromatic carbocycles. The standard InChI is InChI=1S/C20H10BrF5N2/c21-12-4-5-17(23)15(9-12)19(11-6-7-27-18(8-11)20(24,25)26)14-2-1-3-16(22)13(14)10-28-19/h1-10H. The molecule has 142 valence electrons. The first-order valence-electron chi connectivity index (χ1n) is 8.07. The van der Waals surface area contributed by atoms with Crippen LogP contribution in [-0.4, -0.2) is 11.2 Å². The van der Waals surface area contributed by atoms with Crippen molar-refractivity contribution in [2.24, 2.45) is 4.99 Å². The Morgan fingerprint density at radius 2 is 1.68 bits per heavy atom. The zero-order chi connectivity index (χ0) is 20.1. The smallest absolute Gasteiger partial charge is 0.271 e. The van der Waals surface area contributed by atoms with Gasteiger partial charge in [0, 0.05) is 33.6 Å². The lowest BCUT2D eigenvalue weighted by Crippen LogP contribution is -2.27. The Kier molecular flexibility index (Phi) is 4.33. The highest BCUT2D eigenvalue weighted by atomic mass is 79.9. The molecule has 0 amide bonds. The lowest BCUT2D eigenvalue weighted by molar-refractivity contribution is -0.141. The van der Waals surface area contributed by atoms with Crippen molar-refractivity contribution < 1.29 is 22.0 Å². The minimum atomic E-state index is -4.69. The van der Waals surface area contributed by atoms with Gasteiger partial charge in [0.2, 0.25) is 0 Å². The van der Waals surface area contributed by atoms with Crippen molar-refractivity contribution in [3.8, 4) is 0 Å². The Labute approximate surface area is 164 Å². The van der Waals surface area contributed by atoms with Crippen molar-refractivity contribution in [1.29, 1.82) is 0 Å². The minimum absolute atomic E-state index is 0.00167. The second-order valence-electron chi connectivity index (χ2n) is 6.22. The highest BCUT2D eigenvalue weighted by Crippen LogP contribution is 2.47. The first kappa shape index (κ1) is 18.7. The van der Waals surface area contributed by atoms with E-state index in [2.05, 4.69) is 25.9 Å². The lowest BCUT2D eigenvalue weighted by Gasteiger charge is -2.30. The predicted molar refractivity (Wildman–Crippen MR) is 97.2 cm³/mol. The molecule has 3 aromatic rings. The van der Waals surface area contributed by atoms with E-state index in [1.54, 1.807) is 0 Å². The number of halogens is 6. The summed E-state index contributed by atoms with van der Waals surface area (Å²) in [6.07, 6.45) is -2.48. The third kappa shape index (κ3) is 2.83. The fraction of sp³-hybridized carbons (Fsp3) is 0.100. The molecule has 1 aliphatic rings. The van der Waals surface area contributed by atoms with Gasteiger partial charge in [0.15, 0.2) is 0 Å². The van der Waals surface area contributed by atoms with Gasteiger partial charge in [0.05, 0.1) is 0 Å². The van der Waals surface area contributed by atoms with E-state index in [0.29, 0.717) is 4.47 Å². The average Bonchev–Trinajstić information content (AvgIpc) is 3.05. The van der Waals surface area contributed by atoms with Crippen LogP contribution in [0.25, 0.3) is 0 Å². The van der Waals surface area contributed by atoms with Gasteiger partial charge in [-0.2, -0.15) is 13.2 Å². The summed E-state index contributed by atoms with van der Waals surface area (Å²) in [5.74, 6) is -1.27. The zero-order valence-corrected chi connectivity index (χ0v) is 15.5. The Hall–Kier alpha value is -2.61. The molecule has 8 heteroatoms. The van der Waals surface area contributed by atoms with Crippen LogP contribution in [-0.2, 0) is 11.7 Å². The van der Waals surface area contributed by atoms with Gasteiger partial charge in [0.25, 0.3) is 0 Å². The number of aromatic nitrogens is 1. The highest BCUT2D eigenvalue weighted by molar-refractivity contribution is 9.10. The summed E-state index contributed by atoms with van der Waals surface area (Å²) >= 11 is 3.26. The van der Waals surface area contributed by atoms with Crippen LogP contribution in [0.1, 0.15) is 27.9 Å². The van der Waals surface area contributed by atoms with Gasteiger partial charge in [-0.3, -0.25) is 9.98 Å². The van der Waals surface area contributed by atoms with Crippen molar-refractivity contribution in [2.75, 3.05) is 0 Å². The molecule has 4 rings (SSSR count). The molecular formula is C20H10BrF5N2. The molecule has 0 saturated carbocycles. The molecule has 1 unspecified atom stereocenters. The third-order valence-corrected chi connectivity index (χ3v) is 5.11. The summed E-state index contributed by atoms with van der Waals surface area (Å²) < 4.78 is 69.4. The van der Waals surface area contributed by atoms with E-state index in [1.165, 1.54) is 48.7 Å². The van der Waals surface area contributed by atoms with Crippen molar-refractivity contribution >= 4 is 22.1 Å². The molecule has 0 radical (unpaired) electrons. The number of hydrogen-bond acceptors (Lipinski definition) is 2. The van der Waals surface area contributed by atoms with Crippen LogP contribution < -0.4 is 0 Å². The van der Waals surface area contributed by atoms with Gasteiger partial charge in [-0.25, -0.2) is 8.78 Å². The van der Waals surface area contributed by atoms with Crippen molar-refractivity contribution in [3.05, 3.63) is 98.8 Å². The van der Waals surface area contributed by atoms with Gasteiger partial charge in [-0.15, -0.1) is 0 Å². The molecule has 0 aliphatic carbocycles. The topological polar surface area (TPSA) is 25.2 Å². The summed E-state index contributed by atoms with van der Waals surface area (Å²) in [6.45, 7) is 0. The van der Waals surface area contributed by atoms with E-state index in [4.69, 9.17) is 0 Å². The van der Waals surface area contributed by atoms with Crippen LogP contribution in [0.5, 0.6) is 0 Å². The number of aliphatic imine (C=N–C) groups is 1. The molecule has 1 aromatic heterocycles. The third-order valence-electron chi connectivity index (χ3n) is 4.62. The maximum absolute atomic E-state index is 14.9. The highest BCUT2D eigenvalue weighted by Gasteiger charge is 2.44. The average molecular weight is 453 g/mol. The number of alkyl halides is 3. The van der Waals surface area contributed by atoms with Gasteiger partial charge in [-0.05, 0) is 42.0 Å². The predicted octanol–water partition coefficient (Wildman–Crippen LogP) is 5.87. The van der Waals surface area contributed by atoms with Gasteiger partial charge in [-0.1, -0.05) is 28.1 Å². The molecular weight excluding hydrogens is 443 g/mol. The molecule has 1 aliphatic heterocycles. The van der Waals surface area contributed by atoms with Gasteiger partial charge < -0.3 is 0 Å². The Morgan fingerprint density at radius 1 is 0.893 bits per heavy atom. The fourth-order valence-electron chi connectivity index (χ4n) is 3.40. The molecule has 0 fully saturated rings. The molecule has 2 heterocycles. The largest absolute Gasteiger partial charge is 0.433 e. The Bertz CT molecular complexity index is 1110. The normalized spacial score (nSPS) is 18.4. The quantitative estimate of drug-likeness (QED) is 0.446. The van der Waals surface area contributed by atoms with E-state index in [-0.39, 0.29) is 22.3 Å². The molecule has 1 atom stereocenters. The van der Waals surface area contributed by atoms with Crippen LogP contribution in [0, 0.1) is 11.6 Å². The van der Waals surface area contributed by atoms with Crippen molar-refractivity contribution in [2.45, 2.75) is 11.7 Å². The second kappa shape index (κ2) is 6.48. The lowest BCUT2D eigenvalue weighted by atomic mass is 9.77. The van der Waals surface area contributed by atoms with E-state index in [9.17, 15) is 22.0 Å². The number of hydrogen-bond donors (Lipinski definition) is 0. The van der Waals surface area contributed by atoms with Gasteiger partial charge >= 0.3 is 6.18 Å². The fourth-order valence-corrected chi connectivity index (χ4v) is 3.76. The van der Waals surface area contributed by atoms with E-state index in [1.807, 2.05) is 0 Å². The minimum Gasteiger partial charge on any atom is -0.271 e. The monoisotopic (exact) mass is 452 g/mol. The Balaban J connectivity index is 2.08. The van der Waals surface area contributed by atoms with Crippen LogP contribution in [0.3, 0.4) is 0 Å². The maximum Gasteiger partial charge on any atom is 0.433 e. The first-order chi connectivity index (χ1) is 13.2. The summed E-state index contributed by atoms with van der Waals surface area (Å²) in [5.41, 5.74) is -2.42. The SMILES string of the molecule is Fc1ccc(Br)cc1C1(c2ccnc(C(F)(F)F)c2)N=Cc2c(F)cccc21. The Morgan fingerprint density at radius 3 is 2.43 bits per heavy atom. The molecule has 28 heavy (non-hydrogen) atoms. The second-order valence-corrected chi connectivity index (χ2v) is 7.14. The van der Waals surface area contributed by atoms with E-state index >= 15 is 0 Å². The van der Waals surface area contributed by atoms with Gasteiger partial charge in [0.1, 0.15) is 22.9 Å². The number of rotatable bonds is 2. The summed E-state index contributed by atoms with van der Waals surface area (Å²) in [5, 5.41) is 0. The first-order valence-corrected chi connectivity index (χ1v) is 8.86. The van der Waals surface area contributed by atoms with Crippen LogP contribution in [0.15, 0.2) is 64.2 Å². The van der Waals surface area contributed by atoms with Crippen molar-refractivity contribution in [3.63, 3.8) is 0 Å². The molecule has 0 bridgehead atoms. The van der Waals surface area contributed by atoms with Crippen LogP contribution >= 0.6 is 15.9 Å². The van der Waals surface area contributed by atoms with Crippen LogP contribution in [0.2, 0.25) is 0 Å². The number of fused-ring (bicyclic) bond motifs is 1. The number of nitrogens with zero attached hydrogens (tertiary/aromatic N) is 2. The molecule has 0 saturated heterocycles. The maximum atomic E-state index is 14.9. The summed E-state index contributed by atoms with van der Waals surface area (Å²) in [4.78, 5) is 7.71. The molecule has 0 N–H and O–H groups in total. The van der Waals surface area contributed by atoms with E-state index in [0.717, 1.165) is 12.3 Å².